The second-order valence-corrected chi connectivity index (χ2v) is 10.1. The predicted molar refractivity (Wildman–Crippen MR) is 120 cm³/mol. The van der Waals surface area contributed by atoms with Crippen molar-refractivity contribution >= 4 is 10.1 Å². The summed E-state index contributed by atoms with van der Waals surface area (Å²) in [7, 11) is -3.90. The van der Waals surface area contributed by atoms with Crippen LogP contribution in [-0.2, 0) is 10.1 Å². The van der Waals surface area contributed by atoms with E-state index < -0.39 is 15.4 Å². The van der Waals surface area contributed by atoms with Crippen LogP contribution in [0.25, 0.3) is 0 Å². The monoisotopic (exact) mass is 420 g/mol. The number of aliphatic hydroxyl groups excluding tert-OH is 1. The van der Waals surface area contributed by atoms with E-state index in [4.69, 9.17) is 5.11 Å². The molecule has 28 heavy (non-hydrogen) atoms. The highest BCUT2D eigenvalue weighted by atomic mass is 32.2. The molecule has 2 N–H and O–H groups in total. The molecule has 0 heterocycles. The molecule has 1 unspecified atom stereocenters. The van der Waals surface area contributed by atoms with E-state index in [1.54, 1.807) is 0 Å². The lowest BCUT2D eigenvalue weighted by Crippen LogP contribution is -2.20. The van der Waals surface area contributed by atoms with Crippen molar-refractivity contribution in [2.24, 2.45) is 0 Å². The Morgan fingerprint density at radius 3 is 1.21 bits per heavy atom. The van der Waals surface area contributed by atoms with Crippen LogP contribution in [0.4, 0.5) is 0 Å². The number of rotatable bonds is 22. The molecule has 0 saturated carbocycles. The summed E-state index contributed by atoms with van der Waals surface area (Å²) in [6.45, 7) is 2.52. The summed E-state index contributed by atoms with van der Waals surface area (Å²) in [5.41, 5.74) is 0. The van der Waals surface area contributed by atoms with Gasteiger partial charge in [0.05, 0.1) is 5.25 Å². The van der Waals surface area contributed by atoms with Crippen LogP contribution in [0.3, 0.4) is 0 Å². The first-order valence-corrected chi connectivity index (χ1v) is 13.6. The first kappa shape index (κ1) is 27.9. The van der Waals surface area contributed by atoms with E-state index in [1.165, 1.54) is 77.0 Å². The number of hydrogen-bond donors (Lipinski definition) is 2. The molecular formula is C23H48O4S. The summed E-state index contributed by atoms with van der Waals surface area (Å²) < 4.78 is 32.7. The molecule has 0 radical (unpaired) electrons. The lowest BCUT2D eigenvalue weighted by molar-refractivity contribution is 0.282. The molecule has 4 nitrogen and oxygen atoms in total. The predicted octanol–water partition coefficient (Wildman–Crippen LogP) is 7.06. The molecule has 0 aliphatic rings. The van der Waals surface area contributed by atoms with Crippen LogP contribution in [0.15, 0.2) is 0 Å². The molecule has 0 spiro atoms. The van der Waals surface area contributed by atoms with E-state index >= 15 is 0 Å². The van der Waals surface area contributed by atoms with Crippen LogP contribution in [0.5, 0.6) is 0 Å². The van der Waals surface area contributed by atoms with Gasteiger partial charge in [-0.1, -0.05) is 116 Å². The Labute approximate surface area is 175 Å². The van der Waals surface area contributed by atoms with Crippen LogP contribution in [-0.4, -0.2) is 29.9 Å². The van der Waals surface area contributed by atoms with E-state index in [9.17, 15) is 13.0 Å². The van der Waals surface area contributed by atoms with Gasteiger partial charge in [0.2, 0.25) is 0 Å². The normalized spacial score (nSPS) is 13.1. The Bertz CT molecular complexity index is 409. The minimum atomic E-state index is -3.90. The fourth-order valence-electron chi connectivity index (χ4n) is 3.85. The molecule has 0 aliphatic heterocycles. The van der Waals surface area contributed by atoms with E-state index in [2.05, 4.69) is 6.92 Å². The number of hydrogen-bond acceptors (Lipinski definition) is 3. The largest absolute Gasteiger partial charge is 0.396 e. The van der Waals surface area contributed by atoms with Crippen molar-refractivity contribution in [2.75, 3.05) is 6.61 Å². The van der Waals surface area contributed by atoms with Crippen molar-refractivity contribution in [3.05, 3.63) is 0 Å². The molecule has 170 valence electrons. The molecule has 0 saturated heterocycles. The average molecular weight is 421 g/mol. The molecular weight excluding hydrogens is 372 g/mol. The van der Waals surface area contributed by atoms with Crippen molar-refractivity contribution in [1.29, 1.82) is 0 Å². The summed E-state index contributed by atoms with van der Waals surface area (Å²) in [5.74, 6) is 0. The molecule has 1 atom stereocenters. The molecule has 0 amide bonds. The van der Waals surface area contributed by atoms with E-state index in [0.717, 1.165) is 38.5 Å². The quantitative estimate of drug-likeness (QED) is 0.145. The van der Waals surface area contributed by atoms with E-state index in [0.29, 0.717) is 19.4 Å². The van der Waals surface area contributed by atoms with Gasteiger partial charge in [-0.2, -0.15) is 8.42 Å². The smallest absolute Gasteiger partial charge is 0.267 e. The summed E-state index contributed by atoms with van der Waals surface area (Å²) in [5, 5.41) is 8.18. The third kappa shape index (κ3) is 19.2. The van der Waals surface area contributed by atoms with Gasteiger partial charge < -0.3 is 5.11 Å². The van der Waals surface area contributed by atoms with Crippen molar-refractivity contribution < 1.29 is 18.1 Å². The van der Waals surface area contributed by atoms with Crippen LogP contribution < -0.4 is 0 Å². The Kier molecular flexibility index (Phi) is 20.1. The molecule has 5 heteroatoms. The lowest BCUT2D eigenvalue weighted by atomic mass is 10.0. The minimum absolute atomic E-state index is 0.317. The van der Waals surface area contributed by atoms with Gasteiger partial charge in [-0.3, -0.25) is 4.55 Å². The molecule has 0 rings (SSSR count). The van der Waals surface area contributed by atoms with Crippen molar-refractivity contribution in [1.82, 2.24) is 0 Å². The molecule has 0 aliphatic carbocycles. The fourth-order valence-corrected chi connectivity index (χ4v) is 4.78. The second kappa shape index (κ2) is 20.2. The fraction of sp³-hybridized carbons (Fsp3) is 1.00. The summed E-state index contributed by atoms with van der Waals surface area (Å²) in [6.07, 6.45) is 22.2. The van der Waals surface area contributed by atoms with Crippen LogP contribution in [0.2, 0.25) is 0 Å². The van der Waals surface area contributed by atoms with E-state index in [1.807, 2.05) is 0 Å². The lowest BCUT2D eigenvalue weighted by Gasteiger charge is -2.13. The Hall–Kier alpha value is -0.130. The molecule has 0 aromatic rings. The van der Waals surface area contributed by atoms with Gasteiger partial charge in [0, 0.05) is 6.61 Å². The third-order valence-electron chi connectivity index (χ3n) is 5.74. The zero-order valence-electron chi connectivity index (χ0n) is 18.5. The zero-order valence-corrected chi connectivity index (χ0v) is 19.4. The highest BCUT2D eigenvalue weighted by Crippen LogP contribution is 2.19. The van der Waals surface area contributed by atoms with Gasteiger partial charge in [0.15, 0.2) is 0 Å². The minimum Gasteiger partial charge on any atom is -0.396 e. The molecule has 0 aromatic carbocycles. The summed E-state index contributed by atoms with van der Waals surface area (Å²) >= 11 is 0. The van der Waals surface area contributed by atoms with E-state index in [-0.39, 0.29) is 0 Å². The Morgan fingerprint density at radius 1 is 0.571 bits per heavy atom. The van der Waals surface area contributed by atoms with Gasteiger partial charge in [0.1, 0.15) is 0 Å². The van der Waals surface area contributed by atoms with Crippen molar-refractivity contribution in [2.45, 2.75) is 141 Å². The highest BCUT2D eigenvalue weighted by Gasteiger charge is 2.21. The average Bonchev–Trinajstić information content (AvgIpc) is 2.65. The van der Waals surface area contributed by atoms with Gasteiger partial charge in [-0.15, -0.1) is 0 Å². The Morgan fingerprint density at radius 2 is 0.893 bits per heavy atom. The van der Waals surface area contributed by atoms with Gasteiger partial charge in [-0.05, 0) is 19.3 Å². The molecule has 0 bridgehead atoms. The van der Waals surface area contributed by atoms with Crippen molar-refractivity contribution in [3.63, 3.8) is 0 Å². The van der Waals surface area contributed by atoms with Crippen LogP contribution in [0.1, 0.15) is 135 Å². The number of aliphatic hydroxyl groups is 1. The van der Waals surface area contributed by atoms with Crippen LogP contribution in [0, 0.1) is 0 Å². The SMILES string of the molecule is CCCCCCCCCC(CCCCCCCCCCCCCO)S(=O)(=O)O. The zero-order chi connectivity index (χ0) is 20.9. The number of unbranched alkanes of at least 4 members (excludes halogenated alkanes) is 16. The second-order valence-electron chi connectivity index (χ2n) is 8.45. The highest BCUT2D eigenvalue weighted by molar-refractivity contribution is 7.86. The molecule has 0 aromatic heterocycles. The first-order chi connectivity index (χ1) is 13.5. The topological polar surface area (TPSA) is 74.6 Å². The van der Waals surface area contributed by atoms with Crippen molar-refractivity contribution in [3.8, 4) is 0 Å². The first-order valence-electron chi connectivity index (χ1n) is 12.1. The third-order valence-corrected chi connectivity index (χ3v) is 7.05. The Balaban J connectivity index is 3.61. The standard InChI is InChI=1S/C23H48O4S/c1-2-3-4-5-11-14-17-20-23(28(25,26)27)21-18-15-12-9-7-6-8-10-13-16-19-22-24/h23-24H,2-22H2,1H3,(H,25,26,27). The maximum atomic E-state index is 11.6. The van der Waals surface area contributed by atoms with Gasteiger partial charge in [-0.25, -0.2) is 0 Å². The maximum Gasteiger partial charge on any atom is 0.267 e. The summed E-state index contributed by atoms with van der Waals surface area (Å²) in [4.78, 5) is 0. The van der Waals surface area contributed by atoms with Gasteiger partial charge >= 0.3 is 0 Å². The maximum absolute atomic E-state index is 11.6. The summed E-state index contributed by atoms with van der Waals surface area (Å²) in [6, 6.07) is 0. The van der Waals surface area contributed by atoms with Gasteiger partial charge in [0.25, 0.3) is 10.1 Å². The van der Waals surface area contributed by atoms with Crippen LogP contribution >= 0.6 is 0 Å². The molecule has 0 fully saturated rings.